The van der Waals surface area contributed by atoms with Gasteiger partial charge in [0.25, 0.3) is 0 Å². The molecule has 0 amide bonds. The summed E-state index contributed by atoms with van der Waals surface area (Å²) in [6.45, 7) is 0. The van der Waals surface area contributed by atoms with E-state index in [0.29, 0.717) is 5.92 Å². The van der Waals surface area contributed by atoms with Crippen LogP contribution in [-0.4, -0.2) is 0 Å². The lowest BCUT2D eigenvalue weighted by Crippen LogP contribution is -2.03. The van der Waals surface area contributed by atoms with Crippen LogP contribution in [0.1, 0.15) is 17.9 Å². The molecule has 1 unspecified atom stereocenters. The van der Waals surface area contributed by atoms with Gasteiger partial charge in [-0.1, -0.05) is 35.9 Å². The van der Waals surface area contributed by atoms with Crippen molar-refractivity contribution in [1.82, 2.24) is 0 Å². The minimum absolute atomic E-state index is 0.400. The number of allylic oxidation sites excluding steroid dienone is 3. The summed E-state index contributed by atoms with van der Waals surface area (Å²) in [5, 5.41) is 0.775. The molecule has 72 valence electrons. The maximum absolute atomic E-state index is 5.83. The fourth-order valence-electron chi connectivity index (χ4n) is 1.65. The second kappa shape index (κ2) is 3.89. The highest BCUT2D eigenvalue weighted by Gasteiger charge is 2.09. The second-order valence-electron chi connectivity index (χ2n) is 3.46. The Morgan fingerprint density at radius 2 is 1.93 bits per heavy atom. The van der Waals surface area contributed by atoms with E-state index in [0.717, 1.165) is 17.1 Å². The molecule has 1 aromatic carbocycles. The van der Waals surface area contributed by atoms with Crippen molar-refractivity contribution in [3.63, 3.8) is 0 Å². The second-order valence-corrected chi connectivity index (χ2v) is 3.90. The normalized spacial score (nSPS) is 20.6. The fourth-order valence-corrected chi connectivity index (χ4v) is 1.77. The van der Waals surface area contributed by atoms with Gasteiger partial charge in [-0.05, 0) is 30.2 Å². The lowest BCUT2D eigenvalue weighted by molar-refractivity contribution is 0.841. The SMILES string of the molecule is NC1=CC(c2ccc(Cl)cc2)CC=C1. The summed E-state index contributed by atoms with van der Waals surface area (Å²) in [6.07, 6.45) is 7.16. The molecule has 1 aliphatic rings. The molecule has 2 N–H and O–H groups in total. The lowest BCUT2D eigenvalue weighted by atomic mass is 9.92. The quantitative estimate of drug-likeness (QED) is 0.749. The Hall–Kier alpha value is -1.21. The van der Waals surface area contributed by atoms with Crippen molar-refractivity contribution < 1.29 is 0 Å². The molecule has 1 atom stereocenters. The average molecular weight is 206 g/mol. The van der Waals surface area contributed by atoms with Gasteiger partial charge in [0.05, 0.1) is 0 Å². The first-order valence-electron chi connectivity index (χ1n) is 4.65. The van der Waals surface area contributed by atoms with E-state index < -0.39 is 0 Å². The molecule has 1 aliphatic carbocycles. The van der Waals surface area contributed by atoms with Crippen LogP contribution in [0.2, 0.25) is 5.02 Å². The predicted molar refractivity (Wildman–Crippen MR) is 60.2 cm³/mol. The van der Waals surface area contributed by atoms with Gasteiger partial charge in [0.15, 0.2) is 0 Å². The van der Waals surface area contributed by atoms with Gasteiger partial charge in [0.2, 0.25) is 0 Å². The van der Waals surface area contributed by atoms with Crippen molar-refractivity contribution in [3.05, 3.63) is 58.8 Å². The third-order valence-electron chi connectivity index (χ3n) is 2.39. The molecule has 1 nitrogen and oxygen atoms in total. The molecule has 0 bridgehead atoms. The molecule has 0 saturated carbocycles. The first-order valence-corrected chi connectivity index (χ1v) is 5.03. The van der Waals surface area contributed by atoms with Crippen LogP contribution >= 0.6 is 11.6 Å². The van der Waals surface area contributed by atoms with E-state index in [2.05, 4.69) is 24.3 Å². The summed E-state index contributed by atoms with van der Waals surface area (Å²) < 4.78 is 0. The van der Waals surface area contributed by atoms with Crippen molar-refractivity contribution in [2.75, 3.05) is 0 Å². The maximum atomic E-state index is 5.83. The molecule has 0 saturated heterocycles. The molecule has 0 fully saturated rings. The summed E-state index contributed by atoms with van der Waals surface area (Å²) in [5.41, 5.74) is 7.85. The van der Waals surface area contributed by atoms with Gasteiger partial charge in [-0.3, -0.25) is 0 Å². The zero-order chi connectivity index (χ0) is 9.97. The number of benzene rings is 1. The number of hydrogen-bond donors (Lipinski definition) is 1. The van der Waals surface area contributed by atoms with Gasteiger partial charge in [-0.2, -0.15) is 0 Å². The third kappa shape index (κ3) is 1.99. The molecule has 0 aromatic heterocycles. The van der Waals surface area contributed by atoms with Gasteiger partial charge < -0.3 is 5.73 Å². The predicted octanol–water partition coefficient (Wildman–Crippen LogP) is 3.23. The van der Waals surface area contributed by atoms with Crippen LogP contribution in [0.4, 0.5) is 0 Å². The minimum Gasteiger partial charge on any atom is -0.399 e. The highest BCUT2D eigenvalue weighted by Crippen LogP contribution is 2.26. The van der Waals surface area contributed by atoms with Gasteiger partial charge in [0.1, 0.15) is 0 Å². The Kier molecular flexibility index (Phi) is 2.60. The number of nitrogens with two attached hydrogens (primary N) is 1. The smallest absolute Gasteiger partial charge is 0.0406 e. The Morgan fingerprint density at radius 1 is 1.21 bits per heavy atom. The molecule has 1 aromatic rings. The summed E-state index contributed by atoms with van der Waals surface area (Å²) >= 11 is 5.83. The van der Waals surface area contributed by atoms with Crippen LogP contribution in [0.5, 0.6) is 0 Å². The molecular formula is C12H12ClN. The third-order valence-corrected chi connectivity index (χ3v) is 2.64. The highest BCUT2D eigenvalue weighted by molar-refractivity contribution is 6.30. The van der Waals surface area contributed by atoms with Gasteiger partial charge in [-0.25, -0.2) is 0 Å². The van der Waals surface area contributed by atoms with Crippen molar-refractivity contribution >= 4 is 11.6 Å². The van der Waals surface area contributed by atoms with E-state index in [4.69, 9.17) is 17.3 Å². The largest absolute Gasteiger partial charge is 0.399 e. The first-order chi connectivity index (χ1) is 6.75. The van der Waals surface area contributed by atoms with Gasteiger partial charge >= 0.3 is 0 Å². The molecule has 0 spiro atoms. The highest BCUT2D eigenvalue weighted by atomic mass is 35.5. The summed E-state index contributed by atoms with van der Waals surface area (Å²) in [7, 11) is 0. The summed E-state index contributed by atoms with van der Waals surface area (Å²) in [6, 6.07) is 7.93. The average Bonchev–Trinajstić information content (AvgIpc) is 2.19. The summed E-state index contributed by atoms with van der Waals surface area (Å²) in [4.78, 5) is 0. The lowest BCUT2D eigenvalue weighted by Gasteiger charge is -2.15. The zero-order valence-corrected chi connectivity index (χ0v) is 8.54. The number of rotatable bonds is 1. The zero-order valence-electron chi connectivity index (χ0n) is 7.78. The van der Waals surface area contributed by atoms with E-state index >= 15 is 0 Å². The van der Waals surface area contributed by atoms with Gasteiger partial charge in [-0.15, -0.1) is 0 Å². The van der Waals surface area contributed by atoms with Crippen LogP contribution in [-0.2, 0) is 0 Å². The Balaban J connectivity index is 2.24. The van der Waals surface area contributed by atoms with E-state index in [-0.39, 0.29) is 0 Å². The molecule has 0 heterocycles. The number of hydrogen-bond acceptors (Lipinski definition) is 1. The fraction of sp³-hybridized carbons (Fsp3) is 0.167. The van der Waals surface area contributed by atoms with E-state index in [1.807, 2.05) is 18.2 Å². The van der Waals surface area contributed by atoms with Crippen molar-refractivity contribution in [3.8, 4) is 0 Å². The minimum atomic E-state index is 0.400. The Bertz CT molecular complexity index is 376. The summed E-state index contributed by atoms with van der Waals surface area (Å²) in [5.74, 6) is 0.400. The molecule has 2 rings (SSSR count). The molecule has 0 radical (unpaired) electrons. The van der Waals surface area contributed by atoms with E-state index in [1.165, 1.54) is 5.56 Å². The van der Waals surface area contributed by atoms with Crippen LogP contribution < -0.4 is 5.73 Å². The Labute approximate surface area is 88.9 Å². The van der Waals surface area contributed by atoms with E-state index in [1.54, 1.807) is 0 Å². The van der Waals surface area contributed by atoms with Crippen LogP contribution in [0.25, 0.3) is 0 Å². The first kappa shape index (κ1) is 9.35. The van der Waals surface area contributed by atoms with Crippen molar-refractivity contribution in [2.45, 2.75) is 12.3 Å². The molecule has 14 heavy (non-hydrogen) atoms. The molecule has 0 aliphatic heterocycles. The van der Waals surface area contributed by atoms with Gasteiger partial charge in [0, 0.05) is 16.6 Å². The molecular weight excluding hydrogens is 194 g/mol. The number of halogens is 1. The van der Waals surface area contributed by atoms with Crippen molar-refractivity contribution in [2.24, 2.45) is 5.73 Å². The molecule has 2 heteroatoms. The standard InChI is InChI=1S/C12H12ClN/c13-11-6-4-9(5-7-11)10-2-1-3-12(14)8-10/h1,3-8,10H,2,14H2. The van der Waals surface area contributed by atoms with Crippen molar-refractivity contribution in [1.29, 1.82) is 0 Å². The van der Waals surface area contributed by atoms with Crippen LogP contribution in [0.3, 0.4) is 0 Å². The monoisotopic (exact) mass is 205 g/mol. The van der Waals surface area contributed by atoms with E-state index in [9.17, 15) is 0 Å². The topological polar surface area (TPSA) is 26.0 Å². The van der Waals surface area contributed by atoms with Crippen LogP contribution in [0.15, 0.2) is 48.2 Å². The Morgan fingerprint density at radius 3 is 2.57 bits per heavy atom. The maximum Gasteiger partial charge on any atom is 0.0406 e. The van der Waals surface area contributed by atoms with Crippen LogP contribution in [0, 0.1) is 0 Å².